The molecule has 0 N–H and O–H groups in total. The van der Waals surface area contributed by atoms with Crippen molar-refractivity contribution in [2.45, 2.75) is 20.1 Å². The SMILES string of the molecule is CCOCCOC(OCCOCC)c1ccc2c(c1)OCO2. The van der Waals surface area contributed by atoms with Gasteiger partial charge in [0.1, 0.15) is 0 Å². The highest BCUT2D eigenvalue weighted by Gasteiger charge is 2.19. The fourth-order valence-electron chi connectivity index (χ4n) is 2.02. The third-order valence-electron chi connectivity index (χ3n) is 3.07. The second-order valence-electron chi connectivity index (χ2n) is 4.58. The van der Waals surface area contributed by atoms with Crippen molar-refractivity contribution < 1.29 is 28.4 Å². The van der Waals surface area contributed by atoms with Crippen molar-refractivity contribution in [1.82, 2.24) is 0 Å². The van der Waals surface area contributed by atoms with E-state index in [0.717, 1.165) is 11.3 Å². The number of ether oxygens (including phenoxy) is 6. The fourth-order valence-corrected chi connectivity index (χ4v) is 2.02. The molecule has 0 spiro atoms. The molecule has 0 fully saturated rings. The summed E-state index contributed by atoms with van der Waals surface area (Å²) in [6, 6.07) is 5.66. The van der Waals surface area contributed by atoms with Crippen molar-refractivity contribution in [3.05, 3.63) is 23.8 Å². The van der Waals surface area contributed by atoms with Gasteiger partial charge in [-0.1, -0.05) is 0 Å². The van der Waals surface area contributed by atoms with Gasteiger partial charge in [-0.25, -0.2) is 0 Å². The molecule has 1 aliphatic heterocycles. The Labute approximate surface area is 131 Å². The number of fused-ring (bicyclic) bond motifs is 1. The molecule has 0 radical (unpaired) electrons. The normalized spacial score (nSPS) is 13.0. The van der Waals surface area contributed by atoms with Crippen LogP contribution in [0.25, 0.3) is 0 Å². The number of benzene rings is 1. The first-order valence-corrected chi connectivity index (χ1v) is 7.63. The van der Waals surface area contributed by atoms with Gasteiger partial charge >= 0.3 is 0 Å². The molecule has 2 rings (SSSR count). The zero-order valence-corrected chi connectivity index (χ0v) is 13.2. The quantitative estimate of drug-likeness (QED) is 0.462. The molecule has 0 unspecified atom stereocenters. The molecule has 0 atom stereocenters. The molecule has 124 valence electrons. The molecule has 6 nitrogen and oxygen atoms in total. The van der Waals surface area contributed by atoms with Crippen molar-refractivity contribution in [1.29, 1.82) is 0 Å². The molecular weight excluding hydrogens is 288 g/mol. The molecule has 0 saturated heterocycles. The summed E-state index contributed by atoms with van der Waals surface area (Å²) in [6.07, 6.45) is -0.476. The molecule has 1 aromatic carbocycles. The van der Waals surface area contributed by atoms with Gasteiger partial charge < -0.3 is 28.4 Å². The van der Waals surface area contributed by atoms with E-state index < -0.39 is 6.29 Å². The minimum Gasteiger partial charge on any atom is -0.454 e. The maximum Gasteiger partial charge on any atom is 0.231 e. The summed E-state index contributed by atoms with van der Waals surface area (Å²) in [5.74, 6) is 1.45. The highest BCUT2D eigenvalue weighted by molar-refractivity contribution is 5.44. The van der Waals surface area contributed by atoms with Crippen LogP contribution in [0.5, 0.6) is 11.5 Å². The van der Waals surface area contributed by atoms with Gasteiger partial charge in [0.25, 0.3) is 0 Å². The van der Waals surface area contributed by atoms with Gasteiger partial charge in [0.05, 0.1) is 26.4 Å². The van der Waals surface area contributed by atoms with E-state index in [1.165, 1.54) is 0 Å². The monoisotopic (exact) mass is 312 g/mol. The van der Waals surface area contributed by atoms with Gasteiger partial charge in [0, 0.05) is 18.8 Å². The van der Waals surface area contributed by atoms with Crippen LogP contribution in [-0.4, -0.2) is 46.4 Å². The maximum absolute atomic E-state index is 5.77. The maximum atomic E-state index is 5.77. The minimum absolute atomic E-state index is 0.250. The Balaban J connectivity index is 1.92. The molecule has 1 aliphatic rings. The average Bonchev–Trinajstić information content (AvgIpc) is 3.01. The Morgan fingerprint density at radius 1 is 0.909 bits per heavy atom. The largest absolute Gasteiger partial charge is 0.454 e. The summed E-state index contributed by atoms with van der Waals surface area (Å²) < 4.78 is 32.8. The Kier molecular flexibility index (Phi) is 7.45. The Morgan fingerprint density at radius 3 is 2.18 bits per heavy atom. The summed E-state index contributed by atoms with van der Waals surface area (Å²) in [5, 5.41) is 0. The summed E-state index contributed by atoms with van der Waals surface area (Å²) in [5.41, 5.74) is 0.886. The molecule has 0 aliphatic carbocycles. The van der Waals surface area contributed by atoms with Crippen molar-refractivity contribution in [2.75, 3.05) is 46.4 Å². The van der Waals surface area contributed by atoms with Crippen LogP contribution in [0.3, 0.4) is 0 Å². The Morgan fingerprint density at radius 2 is 1.55 bits per heavy atom. The van der Waals surface area contributed by atoms with Crippen LogP contribution >= 0.6 is 0 Å². The lowest BCUT2D eigenvalue weighted by atomic mass is 10.2. The van der Waals surface area contributed by atoms with Crippen LogP contribution in [0, 0.1) is 0 Å². The summed E-state index contributed by atoms with van der Waals surface area (Å²) in [7, 11) is 0. The smallest absolute Gasteiger partial charge is 0.231 e. The van der Waals surface area contributed by atoms with Crippen LogP contribution in [0.4, 0.5) is 0 Å². The van der Waals surface area contributed by atoms with E-state index in [4.69, 9.17) is 28.4 Å². The lowest BCUT2D eigenvalue weighted by molar-refractivity contribution is -0.161. The first kappa shape index (κ1) is 17.0. The minimum atomic E-state index is -0.476. The van der Waals surface area contributed by atoms with Gasteiger partial charge in [-0.2, -0.15) is 0 Å². The van der Waals surface area contributed by atoms with E-state index in [1.807, 2.05) is 32.0 Å². The molecule has 22 heavy (non-hydrogen) atoms. The third-order valence-corrected chi connectivity index (χ3v) is 3.07. The number of rotatable bonds is 11. The molecule has 1 aromatic rings. The Hall–Kier alpha value is -1.34. The predicted molar refractivity (Wildman–Crippen MR) is 80.2 cm³/mol. The molecule has 0 amide bonds. The van der Waals surface area contributed by atoms with Crippen LogP contribution in [0.1, 0.15) is 25.7 Å². The number of hydrogen-bond acceptors (Lipinski definition) is 6. The van der Waals surface area contributed by atoms with Gasteiger partial charge in [-0.15, -0.1) is 0 Å². The molecule has 0 bridgehead atoms. The predicted octanol–water partition coefficient (Wildman–Crippen LogP) is 2.52. The van der Waals surface area contributed by atoms with E-state index >= 15 is 0 Å². The van der Waals surface area contributed by atoms with E-state index in [9.17, 15) is 0 Å². The summed E-state index contributed by atoms with van der Waals surface area (Å²) in [4.78, 5) is 0. The van der Waals surface area contributed by atoms with Gasteiger partial charge in [-0.05, 0) is 32.0 Å². The first-order chi connectivity index (χ1) is 10.8. The van der Waals surface area contributed by atoms with Gasteiger partial charge in [-0.3, -0.25) is 0 Å². The molecule has 1 heterocycles. The first-order valence-electron chi connectivity index (χ1n) is 7.63. The lowest BCUT2D eigenvalue weighted by Crippen LogP contribution is -2.15. The van der Waals surface area contributed by atoms with Crippen molar-refractivity contribution in [2.24, 2.45) is 0 Å². The van der Waals surface area contributed by atoms with Crippen LogP contribution < -0.4 is 9.47 Å². The molecule has 0 aromatic heterocycles. The van der Waals surface area contributed by atoms with E-state index in [-0.39, 0.29) is 6.79 Å². The molecule has 6 heteroatoms. The van der Waals surface area contributed by atoms with E-state index in [0.29, 0.717) is 45.4 Å². The zero-order chi connectivity index (χ0) is 15.6. The zero-order valence-electron chi connectivity index (χ0n) is 13.2. The third kappa shape index (κ3) is 5.14. The van der Waals surface area contributed by atoms with Crippen molar-refractivity contribution in [3.63, 3.8) is 0 Å². The highest BCUT2D eigenvalue weighted by Crippen LogP contribution is 2.35. The molecular formula is C16H24O6. The molecule has 0 saturated carbocycles. The topological polar surface area (TPSA) is 55.4 Å². The average molecular weight is 312 g/mol. The highest BCUT2D eigenvalue weighted by atomic mass is 16.7. The van der Waals surface area contributed by atoms with E-state index in [1.54, 1.807) is 0 Å². The van der Waals surface area contributed by atoms with Crippen LogP contribution in [-0.2, 0) is 18.9 Å². The van der Waals surface area contributed by atoms with Crippen LogP contribution in [0.2, 0.25) is 0 Å². The van der Waals surface area contributed by atoms with Gasteiger partial charge in [0.15, 0.2) is 17.8 Å². The lowest BCUT2D eigenvalue weighted by Gasteiger charge is -2.19. The number of hydrogen-bond donors (Lipinski definition) is 0. The second kappa shape index (κ2) is 9.63. The summed E-state index contributed by atoms with van der Waals surface area (Å²) >= 11 is 0. The fraction of sp³-hybridized carbons (Fsp3) is 0.625. The van der Waals surface area contributed by atoms with Gasteiger partial charge in [0.2, 0.25) is 6.79 Å². The standard InChI is InChI=1S/C16H24O6/c1-3-17-7-9-19-16(20-10-8-18-4-2)13-5-6-14-15(11-13)22-12-21-14/h5-6,11,16H,3-4,7-10,12H2,1-2H3. The van der Waals surface area contributed by atoms with Crippen LogP contribution in [0.15, 0.2) is 18.2 Å². The summed E-state index contributed by atoms with van der Waals surface area (Å²) in [6.45, 7) is 7.48. The Bertz CT molecular complexity index is 425. The van der Waals surface area contributed by atoms with Crippen molar-refractivity contribution in [3.8, 4) is 11.5 Å². The van der Waals surface area contributed by atoms with E-state index in [2.05, 4.69) is 0 Å². The van der Waals surface area contributed by atoms with Crippen molar-refractivity contribution >= 4 is 0 Å². The second-order valence-corrected chi connectivity index (χ2v) is 4.58.